The number of nitrogens with two attached hydrogens (primary N) is 1. The van der Waals surface area contributed by atoms with Crippen molar-refractivity contribution in [1.82, 2.24) is 19.1 Å². The number of imidazole rings is 1. The zero-order valence-corrected chi connectivity index (χ0v) is 17.6. The topological polar surface area (TPSA) is 128 Å². The number of carbonyl (C=O) groups is 1. The molecule has 4 N–H and O–H groups in total. The number of rotatable bonds is 4. The fourth-order valence-corrected chi connectivity index (χ4v) is 4.13. The van der Waals surface area contributed by atoms with E-state index in [9.17, 15) is 19.1 Å². The zero-order chi connectivity index (χ0) is 22.5. The summed E-state index contributed by atoms with van der Waals surface area (Å²) in [5, 5.41) is 13.2. The van der Waals surface area contributed by atoms with E-state index < -0.39 is 17.3 Å². The number of benzene rings is 1. The molecule has 1 fully saturated rings. The molecule has 1 amide bonds. The number of hydrogen-bond acceptors (Lipinski definition) is 6. The second kappa shape index (κ2) is 7.45. The van der Waals surface area contributed by atoms with E-state index in [0.29, 0.717) is 48.1 Å². The first kappa shape index (κ1) is 21.0. The van der Waals surface area contributed by atoms with Gasteiger partial charge in [-0.05, 0) is 57.2 Å². The van der Waals surface area contributed by atoms with E-state index in [1.807, 2.05) is 6.92 Å². The van der Waals surface area contributed by atoms with Gasteiger partial charge in [0.05, 0.1) is 17.4 Å². The van der Waals surface area contributed by atoms with E-state index in [4.69, 9.17) is 5.73 Å². The van der Waals surface area contributed by atoms with E-state index in [1.165, 1.54) is 16.7 Å². The van der Waals surface area contributed by atoms with Gasteiger partial charge in [-0.1, -0.05) is 0 Å². The number of anilines is 2. The maximum absolute atomic E-state index is 14.2. The highest BCUT2D eigenvalue weighted by Gasteiger charge is 2.32. The average molecular weight is 428 g/mol. The summed E-state index contributed by atoms with van der Waals surface area (Å²) in [7, 11) is 1.67. The summed E-state index contributed by atoms with van der Waals surface area (Å²) in [6.45, 7) is 3.52. The fraction of sp³-hybridized carbons (Fsp3) is 0.429. The van der Waals surface area contributed by atoms with Crippen molar-refractivity contribution >= 4 is 28.7 Å². The van der Waals surface area contributed by atoms with Crippen LogP contribution in [0, 0.1) is 12.7 Å². The molecule has 0 bridgehead atoms. The van der Waals surface area contributed by atoms with Crippen LogP contribution in [0.4, 0.5) is 16.0 Å². The van der Waals surface area contributed by atoms with Gasteiger partial charge < -0.3 is 16.2 Å². The number of aryl methyl sites for hydroxylation is 2. The maximum Gasteiger partial charge on any atom is 0.330 e. The Hall–Kier alpha value is -3.27. The van der Waals surface area contributed by atoms with E-state index in [-0.39, 0.29) is 23.2 Å². The third kappa shape index (κ3) is 3.78. The number of hydrogen-bond donors (Lipinski definition) is 3. The predicted octanol–water partition coefficient (Wildman–Crippen LogP) is 2.29. The van der Waals surface area contributed by atoms with Crippen LogP contribution in [0.15, 0.2) is 23.1 Å². The minimum absolute atomic E-state index is 0.0757. The second-order valence-corrected chi connectivity index (χ2v) is 8.48. The standard InChI is InChI=1S/C21H25FN6O3/c1-11-8-13(17(23)29)14(22)9-15(11)25-19-24-10-16-18(26-19)28(20(30)27(16)3)12-4-6-21(2,31)7-5-12/h8-10,12,31H,4-7H2,1-3H3,(H2,23,29)(H,24,25,26)/t12-,21-. The van der Waals surface area contributed by atoms with Crippen LogP contribution in [0.3, 0.4) is 0 Å². The van der Waals surface area contributed by atoms with Crippen LogP contribution >= 0.6 is 0 Å². The van der Waals surface area contributed by atoms with Gasteiger partial charge in [-0.25, -0.2) is 14.2 Å². The summed E-state index contributed by atoms with van der Waals surface area (Å²) in [6, 6.07) is 2.46. The lowest BCUT2D eigenvalue weighted by molar-refractivity contribution is 0.00990. The van der Waals surface area contributed by atoms with Crippen molar-refractivity contribution < 1.29 is 14.3 Å². The molecule has 0 radical (unpaired) electrons. The molecule has 0 atom stereocenters. The molecule has 0 aliphatic heterocycles. The van der Waals surface area contributed by atoms with Gasteiger partial charge in [0.25, 0.3) is 5.91 Å². The van der Waals surface area contributed by atoms with E-state index >= 15 is 0 Å². The number of nitrogens with zero attached hydrogens (tertiary/aromatic N) is 4. The first-order valence-electron chi connectivity index (χ1n) is 10.1. The summed E-state index contributed by atoms with van der Waals surface area (Å²) >= 11 is 0. The Bertz CT molecular complexity index is 1240. The van der Waals surface area contributed by atoms with Gasteiger partial charge in [0, 0.05) is 18.8 Å². The lowest BCUT2D eigenvalue weighted by Crippen LogP contribution is -2.35. The molecule has 0 unspecified atom stereocenters. The lowest BCUT2D eigenvalue weighted by atomic mass is 9.83. The largest absolute Gasteiger partial charge is 0.390 e. The highest BCUT2D eigenvalue weighted by atomic mass is 19.1. The van der Waals surface area contributed by atoms with Crippen LogP contribution in [0.2, 0.25) is 0 Å². The molecule has 2 aromatic heterocycles. The molecule has 3 aromatic rings. The molecule has 0 saturated heterocycles. The molecule has 10 heteroatoms. The highest BCUT2D eigenvalue weighted by molar-refractivity contribution is 5.94. The van der Waals surface area contributed by atoms with Crippen molar-refractivity contribution in [3.63, 3.8) is 0 Å². The minimum atomic E-state index is -0.843. The molecule has 0 spiro atoms. The van der Waals surface area contributed by atoms with Crippen molar-refractivity contribution in [2.24, 2.45) is 12.8 Å². The Balaban J connectivity index is 1.72. The molecule has 1 aromatic carbocycles. The Morgan fingerprint density at radius 1 is 1.35 bits per heavy atom. The van der Waals surface area contributed by atoms with Gasteiger partial charge in [0.1, 0.15) is 11.3 Å². The van der Waals surface area contributed by atoms with Crippen molar-refractivity contribution in [3.8, 4) is 0 Å². The van der Waals surface area contributed by atoms with Crippen LogP contribution in [-0.2, 0) is 7.05 Å². The third-order valence-electron chi connectivity index (χ3n) is 6.06. The Morgan fingerprint density at radius 3 is 2.68 bits per heavy atom. The SMILES string of the molecule is Cc1cc(C(N)=O)c(F)cc1Nc1ncc2c(n1)n([C@H]1CC[C@](C)(O)CC1)c(=O)n2C. The normalized spacial score (nSPS) is 21.4. The fourth-order valence-electron chi connectivity index (χ4n) is 4.13. The van der Waals surface area contributed by atoms with Crippen LogP contribution in [0.25, 0.3) is 11.2 Å². The first-order chi connectivity index (χ1) is 14.6. The van der Waals surface area contributed by atoms with Crippen molar-refractivity contribution in [1.29, 1.82) is 0 Å². The highest BCUT2D eigenvalue weighted by Crippen LogP contribution is 2.35. The van der Waals surface area contributed by atoms with Crippen LogP contribution in [-0.4, -0.2) is 35.7 Å². The van der Waals surface area contributed by atoms with Gasteiger partial charge in [-0.3, -0.25) is 13.9 Å². The molecule has 9 nitrogen and oxygen atoms in total. The number of aromatic nitrogens is 4. The van der Waals surface area contributed by atoms with Gasteiger partial charge in [-0.2, -0.15) is 4.98 Å². The van der Waals surface area contributed by atoms with Crippen molar-refractivity contribution in [3.05, 3.63) is 45.8 Å². The van der Waals surface area contributed by atoms with E-state index in [1.54, 1.807) is 24.7 Å². The van der Waals surface area contributed by atoms with Crippen molar-refractivity contribution in [2.75, 3.05) is 5.32 Å². The zero-order valence-electron chi connectivity index (χ0n) is 17.6. The first-order valence-corrected chi connectivity index (χ1v) is 10.1. The lowest BCUT2D eigenvalue weighted by Gasteiger charge is -2.33. The number of amides is 1. The summed E-state index contributed by atoms with van der Waals surface area (Å²) in [5.41, 5.74) is 6.14. The van der Waals surface area contributed by atoms with E-state index in [2.05, 4.69) is 15.3 Å². The number of aliphatic hydroxyl groups is 1. The third-order valence-corrected chi connectivity index (χ3v) is 6.06. The van der Waals surface area contributed by atoms with Crippen LogP contribution in [0.1, 0.15) is 54.6 Å². The molecular formula is C21H25FN6O3. The number of nitrogens with one attached hydrogen (secondary N) is 1. The van der Waals surface area contributed by atoms with Gasteiger partial charge >= 0.3 is 5.69 Å². The smallest absolute Gasteiger partial charge is 0.330 e. The average Bonchev–Trinajstić information content (AvgIpc) is 2.95. The minimum Gasteiger partial charge on any atom is -0.390 e. The molecule has 31 heavy (non-hydrogen) atoms. The summed E-state index contributed by atoms with van der Waals surface area (Å²) in [6.07, 6.45) is 4.07. The molecule has 164 valence electrons. The Kier molecular flexibility index (Phi) is 5.04. The molecular weight excluding hydrogens is 403 g/mol. The molecule has 1 saturated carbocycles. The van der Waals surface area contributed by atoms with E-state index in [0.717, 1.165) is 0 Å². The van der Waals surface area contributed by atoms with Gasteiger partial charge in [-0.15, -0.1) is 0 Å². The predicted molar refractivity (Wildman–Crippen MR) is 114 cm³/mol. The van der Waals surface area contributed by atoms with Crippen LogP contribution in [0.5, 0.6) is 0 Å². The van der Waals surface area contributed by atoms with Crippen molar-refractivity contribution in [2.45, 2.75) is 51.2 Å². The summed E-state index contributed by atoms with van der Waals surface area (Å²) < 4.78 is 17.4. The number of fused-ring (bicyclic) bond motifs is 1. The number of halogens is 1. The van der Waals surface area contributed by atoms with Gasteiger partial charge in [0.2, 0.25) is 5.95 Å². The summed E-state index contributed by atoms with van der Waals surface area (Å²) in [5.74, 6) is -1.39. The van der Waals surface area contributed by atoms with Gasteiger partial charge in [0.15, 0.2) is 5.65 Å². The number of primary amides is 1. The Morgan fingerprint density at radius 2 is 2.03 bits per heavy atom. The number of carbonyl (C=O) groups excluding carboxylic acids is 1. The monoisotopic (exact) mass is 428 g/mol. The quantitative estimate of drug-likeness (QED) is 0.585. The second-order valence-electron chi connectivity index (χ2n) is 8.48. The van der Waals surface area contributed by atoms with Crippen LogP contribution < -0.4 is 16.7 Å². The molecule has 2 heterocycles. The molecule has 1 aliphatic rings. The molecule has 4 rings (SSSR count). The Labute approximate surface area is 177 Å². The summed E-state index contributed by atoms with van der Waals surface area (Å²) in [4.78, 5) is 33.0. The maximum atomic E-state index is 14.2. The molecule has 1 aliphatic carbocycles.